The summed E-state index contributed by atoms with van der Waals surface area (Å²) in [5.41, 5.74) is 0. The standard InChI is InChI=1S/C12H23NO3/c1-9-4-3-5-11(9)12(15)13-7-6-10(14)8-16-2/h9-11,14H,3-8H2,1-2H3,(H,13,15). The molecule has 2 N–H and O–H groups in total. The topological polar surface area (TPSA) is 58.6 Å². The molecule has 1 saturated carbocycles. The molecule has 0 bridgehead atoms. The highest BCUT2D eigenvalue weighted by Crippen LogP contribution is 2.31. The average molecular weight is 229 g/mol. The van der Waals surface area contributed by atoms with Crippen molar-refractivity contribution in [3.8, 4) is 0 Å². The largest absolute Gasteiger partial charge is 0.391 e. The maximum absolute atomic E-state index is 11.8. The highest BCUT2D eigenvalue weighted by atomic mass is 16.5. The molecule has 3 unspecified atom stereocenters. The van der Waals surface area contributed by atoms with Crippen LogP contribution in [0.5, 0.6) is 0 Å². The monoisotopic (exact) mass is 229 g/mol. The molecule has 3 atom stereocenters. The van der Waals surface area contributed by atoms with Crippen molar-refractivity contribution in [2.75, 3.05) is 20.3 Å². The summed E-state index contributed by atoms with van der Waals surface area (Å²) in [6.45, 7) is 3.00. The zero-order valence-electron chi connectivity index (χ0n) is 10.2. The molecular formula is C12H23NO3. The number of ether oxygens (including phenoxy) is 1. The van der Waals surface area contributed by atoms with Crippen molar-refractivity contribution in [2.24, 2.45) is 11.8 Å². The molecule has 1 rings (SSSR count). The van der Waals surface area contributed by atoms with Crippen LogP contribution in [0.15, 0.2) is 0 Å². The van der Waals surface area contributed by atoms with E-state index in [1.165, 1.54) is 0 Å². The molecule has 0 aromatic rings. The number of carbonyl (C=O) groups excluding carboxylic acids is 1. The SMILES string of the molecule is COCC(O)CCNC(=O)C1CCCC1C. The summed E-state index contributed by atoms with van der Waals surface area (Å²) < 4.78 is 4.82. The first-order valence-corrected chi connectivity index (χ1v) is 6.10. The van der Waals surface area contributed by atoms with Gasteiger partial charge in [-0.3, -0.25) is 4.79 Å². The molecule has 0 saturated heterocycles. The highest BCUT2D eigenvalue weighted by Gasteiger charge is 2.29. The van der Waals surface area contributed by atoms with Gasteiger partial charge in [-0.1, -0.05) is 13.3 Å². The fourth-order valence-corrected chi connectivity index (χ4v) is 2.30. The van der Waals surface area contributed by atoms with Gasteiger partial charge in [0.2, 0.25) is 5.91 Å². The number of carbonyl (C=O) groups is 1. The molecule has 0 heterocycles. The van der Waals surface area contributed by atoms with Crippen LogP contribution in [0.1, 0.15) is 32.6 Å². The molecule has 94 valence electrons. The molecule has 0 aromatic heterocycles. The van der Waals surface area contributed by atoms with Crippen molar-refractivity contribution in [1.82, 2.24) is 5.32 Å². The number of hydrogen-bond acceptors (Lipinski definition) is 3. The lowest BCUT2D eigenvalue weighted by atomic mass is 9.97. The van der Waals surface area contributed by atoms with Crippen molar-refractivity contribution >= 4 is 5.91 Å². The van der Waals surface area contributed by atoms with E-state index in [1.54, 1.807) is 7.11 Å². The summed E-state index contributed by atoms with van der Waals surface area (Å²) in [6.07, 6.45) is 3.40. The van der Waals surface area contributed by atoms with Crippen LogP contribution in [0.2, 0.25) is 0 Å². The Labute approximate surface area is 97.4 Å². The molecule has 4 heteroatoms. The Kier molecular flexibility index (Phi) is 5.77. The van der Waals surface area contributed by atoms with Gasteiger partial charge >= 0.3 is 0 Å². The van der Waals surface area contributed by atoms with Crippen LogP contribution in [0.25, 0.3) is 0 Å². The van der Waals surface area contributed by atoms with E-state index in [0.717, 1.165) is 19.3 Å². The summed E-state index contributed by atoms with van der Waals surface area (Å²) in [5.74, 6) is 0.832. The predicted octanol–water partition coefficient (Wildman–Crippen LogP) is 0.936. The Hall–Kier alpha value is -0.610. The van der Waals surface area contributed by atoms with Gasteiger partial charge in [-0.2, -0.15) is 0 Å². The molecule has 1 aliphatic carbocycles. The third-order valence-electron chi connectivity index (χ3n) is 3.33. The maximum atomic E-state index is 11.8. The highest BCUT2D eigenvalue weighted by molar-refractivity contribution is 5.79. The van der Waals surface area contributed by atoms with Crippen LogP contribution in [0.4, 0.5) is 0 Å². The Morgan fingerprint density at radius 1 is 1.56 bits per heavy atom. The minimum atomic E-state index is -0.480. The number of rotatable bonds is 6. The fraction of sp³-hybridized carbons (Fsp3) is 0.917. The zero-order chi connectivity index (χ0) is 12.0. The van der Waals surface area contributed by atoms with Crippen molar-refractivity contribution in [3.63, 3.8) is 0 Å². The van der Waals surface area contributed by atoms with Gasteiger partial charge in [0.05, 0.1) is 12.7 Å². The Morgan fingerprint density at radius 2 is 2.31 bits per heavy atom. The van der Waals surface area contributed by atoms with Crippen LogP contribution in [0, 0.1) is 11.8 Å². The number of nitrogens with one attached hydrogen (secondary N) is 1. The first-order chi connectivity index (χ1) is 7.65. The number of hydrogen-bond donors (Lipinski definition) is 2. The van der Waals surface area contributed by atoms with Gasteiger partial charge in [-0.15, -0.1) is 0 Å². The first-order valence-electron chi connectivity index (χ1n) is 6.10. The lowest BCUT2D eigenvalue weighted by Gasteiger charge is -2.16. The molecule has 4 nitrogen and oxygen atoms in total. The molecule has 1 aliphatic rings. The molecule has 0 aromatic carbocycles. The summed E-state index contributed by atoms with van der Waals surface area (Å²) in [5, 5.41) is 12.3. The Bertz CT molecular complexity index is 220. The van der Waals surface area contributed by atoms with Gasteiger partial charge in [0, 0.05) is 19.6 Å². The summed E-state index contributed by atoms with van der Waals surface area (Å²) >= 11 is 0. The van der Waals surface area contributed by atoms with Crippen molar-refractivity contribution < 1.29 is 14.6 Å². The average Bonchev–Trinajstić information content (AvgIpc) is 2.64. The third kappa shape index (κ3) is 4.10. The van der Waals surface area contributed by atoms with E-state index >= 15 is 0 Å². The quantitative estimate of drug-likeness (QED) is 0.712. The maximum Gasteiger partial charge on any atom is 0.223 e. The van der Waals surface area contributed by atoms with Crippen molar-refractivity contribution in [3.05, 3.63) is 0 Å². The van der Waals surface area contributed by atoms with Gasteiger partial charge in [0.1, 0.15) is 0 Å². The van der Waals surface area contributed by atoms with Gasteiger partial charge in [0.15, 0.2) is 0 Å². The van der Waals surface area contributed by atoms with Gasteiger partial charge < -0.3 is 15.2 Å². The van der Waals surface area contributed by atoms with E-state index in [9.17, 15) is 9.90 Å². The molecular weight excluding hydrogens is 206 g/mol. The van der Waals surface area contributed by atoms with Crippen LogP contribution in [-0.4, -0.2) is 37.4 Å². The Morgan fingerprint density at radius 3 is 2.88 bits per heavy atom. The zero-order valence-corrected chi connectivity index (χ0v) is 10.2. The molecule has 16 heavy (non-hydrogen) atoms. The minimum Gasteiger partial charge on any atom is -0.391 e. The van der Waals surface area contributed by atoms with E-state index in [2.05, 4.69) is 12.2 Å². The molecule has 1 fully saturated rings. The van der Waals surface area contributed by atoms with E-state index in [4.69, 9.17) is 4.74 Å². The Balaban J connectivity index is 2.15. The van der Waals surface area contributed by atoms with Gasteiger partial charge in [-0.25, -0.2) is 0 Å². The summed E-state index contributed by atoms with van der Waals surface area (Å²) in [6, 6.07) is 0. The van der Waals surface area contributed by atoms with Crippen molar-refractivity contribution in [1.29, 1.82) is 0 Å². The van der Waals surface area contributed by atoms with Gasteiger partial charge in [-0.05, 0) is 25.2 Å². The number of amides is 1. The fourth-order valence-electron chi connectivity index (χ4n) is 2.30. The lowest BCUT2D eigenvalue weighted by Crippen LogP contribution is -2.34. The first kappa shape index (κ1) is 13.5. The smallest absolute Gasteiger partial charge is 0.223 e. The number of aliphatic hydroxyl groups excluding tert-OH is 1. The number of aliphatic hydroxyl groups is 1. The van der Waals surface area contributed by atoms with E-state index in [1.807, 2.05) is 0 Å². The molecule has 0 spiro atoms. The van der Waals surface area contributed by atoms with Crippen LogP contribution in [0.3, 0.4) is 0 Å². The predicted molar refractivity (Wildman–Crippen MR) is 62.0 cm³/mol. The lowest BCUT2D eigenvalue weighted by molar-refractivity contribution is -0.125. The molecule has 0 aliphatic heterocycles. The van der Waals surface area contributed by atoms with Crippen LogP contribution in [-0.2, 0) is 9.53 Å². The normalized spacial score (nSPS) is 26.7. The second-order valence-electron chi connectivity index (χ2n) is 4.70. The molecule has 1 amide bonds. The minimum absolute atomic E-state index is 0.148. The van der Waals surface area contributed by atoms with Crippen LogP contribution < -0.4 is 5.32 Å². The van der Waals surface area contributed by atoms with Gasteiger partial charge in [0.25, 0.3) is 0 Å². The van der Waals surface area contributed by atoms with Crippen LogP contribution >= 0.6 is 0 Å². The second-order valence-corrected chi connectivity index (χ2v) is 4.70. The van der Waals surface area contributed by atoms with E-state index in [0.29, 0.717) is 25.5 Å². The molecule has 0 radical (unpaired) electrons. The number of methoxy groups -OCH3 is 1. The summed E-state index contributed by atoms with van der Waals surface area (Å²) in [7, 11) is 1.56. The van der Waals surface area contributed by atoms with Crippen molar-refractivity contribution in [2.45, 2.75) is 38.7 Å². The third-order valence-corrected chi connectivity index (χ3v) is 3.33. The summed E-state index contributed by atoms with van der Waals surface area (Å²) in [4.78, 5) is 11.8. The second kappa shape index (κ2) is 6.86. The van der Waals surface area contributed by atoms with E-state index in [-0.39, 0.29) is 11.8 Å². The van der Waals surface area contributed by atoms with E-state index < -0.39 is 6.10 Å².